The van der Waals surface area contributed by atoms with Crippen LogP contribution in [0.5, 0.6) is 0 Å². The quantitative estimate of drug-likeness (QED) is 0.619. The van der Waals surface area contributed by atoms with E-state index < -0.39 is 6.04 Å². The van der Waals surface area contributed by atoms with Gasteiger partial charge in [-0.1, -0.05) is 42.0 Å². The molecule has 5 nitrogen and oxygen atoms in total. The van der Waals surface area contributed by atoms with Crippen LogP contribution in [0, 0.1) is 6.92 Å². The standard InChI is InChI=1S/C21H27N3O2S/c1-15-6-8-16(9-7-15)13-23-20(25)18-5-3-4-17(12-18)14-24-21(26)19(22)10-11-27-2/h3-9,12,19H,10-11,13-14,22H2,1-2H3,(H,23,25)(H,24,26)/t19-/m0/s1. The van der Waals surface area contributed by atoms with Gasteiger partial charge in [0, 0.05) is 18.7 Å². The van der Waals surface area contributed by atoms with Crippen molar-refractivity contribution in [2.24, 2.45) is 5.73 Å². The van der Waals surface area contributed by atoms with Crippen LogP contribution in [0.2, 0.25) is 0 Å². The summed E-state index contributed by atoms with van der Waals surface area (Å²) in [6.07, 6.45) is 2.63. The normalized spacial score (nSPS) is 11.7. The monoisotopic (exact) mass is 385 g/mol. The highest BCUT2D eigenvalue weighted by Crippen LogP contribution is 2.07. The minimum atomic E-state index is -0.501. The van der Waals surface area contributed by atoms with Gasteiger partial charge in [-0.2, -0.15) is 11.8 Å². The summed E-state index contributed by atoms with van der Waals surface area (Å²) in [5.41, 5.74) is 9.53. The van der Waals surface area contributed by atoms with Crippen LogP contribution in [0.1, 0.15) is 33.5 Å². The molecule has 2 aromatic rings. The maximum Gasteiger partial charge on any atom is 0.251 e. The third-order valence-corrected chi connectivity index (χ3v) is 4.84. The molecule has 0 fully saturated rings. The number of aryl methyl sites for hydroxylation is 1. The van der Waals surface area contributed by atoms with Crippen molar-refractivity contribution < 1.29 is 9.59 Å². The van der Waals surface area contributed by atoms with E-state index in [9.17, 15) is 9.59 Å². The molecule has 4 N–H and O–H groups in total. The molecular formula is C21H27N3O2S. The first-order chi connectivity index (χ1) is 13.0. The molecule has 0 aliphatic heterocycles. The summed E-state index contributed by atoms with van der Waals surface area (Å²) in [7, 11) is 0. The van der Waals surface area contributed by atoms with Crippen LogP contribution >= 0.6 is 11.8 Å². The van der Waals surface area contributed by atoms with Gasteiger partial charge in [-0.25, -0.2) is 0 Å². The predicted molar refractivity (Wildman–Crippen MR) is 112 cm³/mol. The Labute approximate surface area is 165 Å². The van der Waals surface area contributed by atoms with Gasteiger partial charge in [0.1, 0.15) is 0 Å². The highest BCUT2D eigenvalue weighted by Gasteiger charge is 2.13. The molecular weight excluding hydrogens is 358 g/mol. The summed E-state index contributed by atoms with van der Waals surface area (Å²) in [4.78, 5) is 24.4. The third kappa shape index (κ3) is 7.07. The Morgan fingerprint density at radius 2 is 1.74 bits per heavy atom. The van der Waals surface area contributed by atoms with Gasteiger partial charge in [0.15, 0.2) is 0 Å². The van der Waals surface area contributed by atoms with E-state index in [1.807, 2.05) is 49.6 Å². The molecule has 27 heavy (non-hydrogen) atoms. The number of hydrogen-bond donors (Lipinski definition) is 3. The Bertz CT molecular complexity index is 762. The van der Waals surface area contributed by atoms with Gasteiger partial charge in [0.05, 0.1) is 6.04 Å². The minimum absolute atomic E-state index is 0.138. The summed E-state index contributed by atoms with van der Waals surface area (Å²) >= 11 is 1.67. The lowest BCUT2D eigenvalue weighted by molar-refractivity contribution is -0.122. The molecule has 0 aromatic heterocycles. The van der Waals surface area contributed by atoms with Crippen molar-refractivity contribution in [1.29, 1.82) is 0 Å². The highest BCUT2D eigenvalue weighted by atomic mass is 32.2. The van der Waals surface area contributed by atoms with Gasteiger partial charge in [-0.15, -0.1) is 0 Å². The zero-order valence-corrected chi connectivity index (χ0v) is 16.6. The number of carbonyl (C=O) groups excluding carboxylic acids is 2. The molecule has 6 heteroatoms. The number of nitrogens with one attached hydrogen (secondary N) is 2. The van der Waals surface area contributed by atoms with Crippen molar-refractivity contribution in [3.63, 3.8) is 0 Å². The van der Waals surface area contributed by atoms with E-state index in [4.69, 9.17) is 5.73 Å². The fraction of sp³-hybridized carbons (Fsp3) is 0.333. The van der Waals surface area contributed by atoms with E-state index in [-0.39, 0.29) is 11.8 Å². The minimum Gasteiger partial charge on any atom is -0.351 e. The van der Waals surface area contributed by atoms with Gasteiger partial charge < -0.3 is 16.4 Å². The van der Waals surface area contributed by atoms with Crippen LogP contribution in [-0.4, -0.2) is 29.9 Å². The Hall–Kier alpha value is -2.31. The lowest BCUT2D eigenvalue weighted by atomic mass is 10.1. The molecule has 0 aliphatic rings. The molecule has 0 radical (unpaired) electrons. The highest BCUT2D eigenvalue weighted by molar-refractivity contribution is 7.98. The molecule has 0 bridgehead atoms. The van der Waals surface area contributed by atoms with Gasteiger partial charge in [-0.3, -0.25) is 9.59 Å². The zero-order valence-electron chi connectivity index (χ0n) is 15.8. The zero-order chi connectivity index (χ0) is 19.6. The van der Waals surface area contributed by atoms with Crippen LogP contribution in [0.4, 0.5) is 0 Å². The van der Waals surface area contributed by atoms with Gasteiger partial charge in [0.25, 0.3) is 5.91 Å². The van der Waals surface area contributed by atoms with Crippen molar-refractivity contribution in [3.8, 4) is 0 Å². The summed E-state index contributed by atoms with van der Waals surface area (Å²) in [5.74, 6) is 0.546. The maximum atomic E-state index is 12.4. The summed E-state index contributed by atoms with van der Waals surface area (Å²) in [6, 6.07) is 14.8. The number of rotatable bonds is 9. The van der Waals surface area contributed by atoms with E-state index in [1.165, 1.54) is 5.56 Å². The maximum absolute atomic E-state index is 12.4. The Morgan fingerprint density at radius 3 is 2.44 bits per heavy atom. The topological polar surface area (TPSA) is 84.2 Å². The Morgan fingerprint density at radius 1 is 1.04 bits per heavy atom. The van der Waals surface area contributed by atoms with Crippen LogP contribution < -0.4 is 16.4 Å². The van der Waals surface area contributed by atoms with E-state index in [2.05, 4.69) is 10.6 Å². The van der Waals surface area contributed by atoms with Crippen molar-refractivity contribution in [2.45, 2.75) is 32.5 Å². The molecule has 0 aliphatic carbocycles. The van der Waals surface area contributed by atoms with Crippen LogP contribution in [0.3, 0.4) is 0 Å². The number of thioether (sulfide) groups is 1. The molecule has 0 saturated heterocycles. The molecule has 0 spiro atoms. The Balaban J connectivity index is 1.87. The van der Waals surface area contributed by atoms with Crippen LogP contribution in [0.15, 0.2) is 48.5 Å². The number of benzene rings is 2. The molecule has 144 valence electrons. The average Bonchev–Trinajstić information content (AvgIpc) is 2.69. The molecule has 0 heterocycles. The molecule has 2 aromatic carbocycles. The number of hydrogen-bond acceptors (Lipinski definition) is 4. The molecule has 2 rings (SSSR count). The van der Waals surface area contributed by atoms with E-state index in [1.54, 1.807) is 23.9 Å². The largest absolute Gasteiger partial charge is 0.351 e. The van der Waals surface area contributed by atoms with E-state index in [0.717, 1.165) is 16.9 Å². The number of nitrogens with two attached hydrogens (primary N) is 1. The third-order valence-electron chi connectivity index (χ3n) is 4.20. The lowest BCUT2D eigenvalue weighted by Gasteiger charge is -2.12. The molecule has 1 atom stereocenters. The average molecular weight is 386 g/mol. The molecule has 0 saturated carbocycles. The van der Waals surface area contributed by atoms with Crippen LogP contribution in [0.25, 0.3) is 0 Å². The van der Waals surface area contributed by atoms with Crippen LogP contribution in [-0.2, 0) is 17.9 Å². The first-order valence-electron chi connectivity index (χ1n) is 8.94. The fourth-order valence-corrected chi connectivity index (χ4v) is 3.00. The predicted octanol–water partition coefficient (Wildman–Crippen LogP) is 2.62. The second-order valence-electron chi connectivity index (χ2n) is 6.47. The van der Waals surface area contributed by atoms with Crippen molar-refractivity contribution in [2.75, 3.05) is 12.0 Å². The fourth-order valence-electron chi connectivity index (χ4n) is 2.51. The van der Waals surface area contributed by atoms with Crippen molar-refractivity contribution >= 4 is 23.6 Å². The SMILES string of the molecule is CSCC[C@H](N)C(=O)NCc1cccc(C(=O)NCc2ccc(C)cc2)c1. The van der Waals surface area contributed by atoms with E-state index in [0.29, 0.717) is 25.1 Å². The van der Waals surface area contributed by atoms with Crippen molar-refractivity contribution in [1.82, 2.24) is 10.6 Å². The Kier molecular flexibility index (Phi) is 8.36. The molecule has 2 amide bonds. The second kappa shape index (κ2) is 10.7. The van der Waals surface area contributed by atoms with E-state index >= 15 is 0 Å². The van der Waals surface area contributed by atoms with Gasteiger partial charge >= 0.3 is 0 Å². The first kappa shape index (κ1) is 21.0. The first-order valence-corrected chi connectivity index (χ1v) is 10.3. The van der Waals surface area contributed by atoms with Gasteiger partial charge in [-0.05, 0) is 48.6 Å². The molecule has 0 unspecified atom stereocenters. The summed E-state index contributed by atoms with van der Waals surface area (Å²) in [5, 5.41) is 5.75. The lowest BCUT2D eigenvalue weighted by Crippen LogP contribution is -2.40. The summed E-state index contributed by atoms with van der Waals surface area (Å²) in [6.45, 7) is 2.86. The van der Waals surface area contributed by atoms with Crippen molar-refractivity contribution in [3.05, 3.63) is 70.8 Å². The smallest absolute Gasteiger partial charge is 0.251 e. The van der Waals surface area contributed by atoms with Gasteiger partial charge in [0.2, 0.25) is 5.91 Å². The number of amides is 2. The summed E-state index contributed by atoms with van der Waals surface area (Å²) < 4.78 is 0. The number of carbonyl (C=O) groups is 2. The second-order valence-corrected chi connectivity index (χ2v) is 7.46.